The lowest BCUT2D eigenvalue weighted by Crippen LogP contribution is -2.14. The summed E-state index contributed by atoms with van der Waals surface area (Å²) in [4.78, 5) is 22.5. The van der Waals surface area contributed by atoms with Crippen molar-refractivity contribution in [1.29, 1.82) is 0 Å². The molecule has 0 aliphatic heterocycles. The zero-order valence-electron chi connectivity index (χ0n) is 10.7. The van der Waals surface area contributed by atoms with Crippen LogP contribution >= 0.6 is 15.9 Å². The minimum Gasteiger partial charge on any atom is -0.319 e. The first-order chi connectivity index (χ1) is 9.41. The monoisotopic (exact) mass is 338 g/mol. The lowest BCUT2D eigenvalue weighted by atomic mass is 10.2. The number of hydrogen-bond acceptors (Lipinski definition) is 4. The number of nitrogens with one attached hydrogen (secondary N) is 2. The average molecular weight is 339 g/mol. The average Bonchev–Trinajstić information content (AvgIpc) is 2.70. The van der Waals surface area contributed by atoms with E-state index in [0.717, 1.165) is 5.69 Å². The predicted octanol–water partition coefficient (Wildman–Crippen LogP) is 2.95. The smallest absolute Gasteiger partial charge is 0.284 e. The molecular weight excluding hydrogens is 328 g/mol. The largest absolute Gasteiger partial charge is 0.319 e. The van der Waals surface area contributed by atoms with E-state index >= 15 is 0 Å². The summed E-state index contributed by atoms with van der Waals surface area (Å²) >= 11 is 3.10. The predicted molar refractivity (Wildman–Crippen MR) is 76.8 cm³/mol. The van der Waals surface area contributed by atoms with Crippen LogP contribution in [0.1, 0.15) is 21.7 Å². The van der Waals surface area contributed by atoms with Crippen molar-refractivity contribution in [2.45, 2.75) is 13.8 Å². The number of halogens is 1. The molecule has 8 heteroatoms. The van der Waals surface area contributed by atoms with Crippen LogP contribution < -0.4 is 5.32 Å². The highest BCUT2D eigenvalue weighted by Gasteiger charge is 2.20. The Bertz CT molecular complexity index is 677. The maximum absolute atomic E-state index is 12.2. The zero-order valence-corrected chi connectivity index (χ0v) is 12.3. The van der Waals surface area contributed by atoms with Crippen LogP contribution in [0.4, 0.5) is 11.4 Å². The van der Waals surface area contributed by atoms with E-state index in [4.69, 9.17) is 0 Å². The number of amides is 1. The Morgan fingerprint density at radius 1 is 1.45 bits per heavy atom. The van der Waals surface area contributed by atoms with Crippen LogP contribution in [0.5, 0.6) is 0 Å². The number of nitro benzene ring substituents is 1. The molecule has 0 saturated carbocycles. The molecule has 1 aromatic carbocycles. The molecule has 0 unspecified atom stereocenters. The van der Waals surface area contributed by atoms with Gasteiger partial charge < -0.3 is 5.32 Å². The summed E-state index contributed by atoms with van der Waals surface area (Å²) in [6.45, 7) is 3.53. The van der Waals surface area contributed by atoms with Crippen molar-refractivity contribution in [2.24, 2.45) is 0 Å². The van der Waals surface area contributed by atoms with Gasteiger partial charge in [0.1, 0.15) is 4.47 Å². The van der Waals surface area contributed by atoms with E-state index in [-0.39, 0.29) is 15.7 Å². The number of carbonyl (C=O) groups excluding carboxylic acids is 1. The second kappa shape index (κ2) is 5.41. The van der Waals surface area contributed by atoms with Gasteiger partial charge in [0.2, 0.25) is 0 Å². The molecule has 20 heavy (non-hydrogen) atoms. The number of aromatic amines is 1. The van der Waals surface area contributed by atoms with Gasteiger partial charge in [0.25, 0.3) is 11.6 Å². The Hall–Kier alpha value is -2.22. The number of carbonyl (C=O) groups is 1. The van der Waals surface area contributed by atoms with Crippen molar-refractivity contribution < 1.29 is 9.72 Å². The van der Waals surface area contributed by atoms with Crippen molar-refractivity contribution in [2.75, 3.05) is 5.32 Å². The number of rotatable bonds is 3. The number of anilines is 1. The van der Waals surface area contributed by atoms with Crippen molar-refractivity contribution in [3.63, 3.8) is 0 Å². The fraction of sp³-hybridized carbons (Fsp3) is 0.167. The molecule has 1 amide bonds. The van der Waals surface area contributed by atoms with Crippen LogP contribution in [0.25, 0.3) is 0 Å². The molecule has 1 aromatic heterocycles. The van der Waals surface area contributed by atoms with Gasteiger partial charge in [0, 0.05) is 6.07 Å². The third-order valence-electron chi connectivity index (χ3n) is 2.79. The fourth-order valence-corrected chi connectivity index (χ4v) is 2.34. The Balaban J connectivity index is 2.35. The summed E-state index contributed by atoms with van der Waals surface area (Å²) in [6, 6.07) is 4.30. The van der Waals surface area contributed by atoms with Gasteiger partial charge in [-0.25, -0.2) is 0 Å². The van der Waals surface area contributed by atoms with Gasteiger partial charge in [-0.05, 0) is 35.8 Å². The molecule has 0 radical (unpaired) electrons. The molecular formula is C12H11BrN4O3. The lowest BCUT2D eigenvalue weighted by molar-refractivity contribution is -0.385. The standard InChI is InChI=1S/C12H11BrN4O3/c1-6-11(7(2)16-15-6)14-12(18)8-4-3-5-9(10(8)13)17(19)20/h3-5H,1-2H3,(H,14,18)(H,15,16). The Labute approximate surface area is 122 Å². The highest BCUT2D eigenvalue weighted by atomic mass is 79.9. The summed E-state index contributed by atoms with van der Waals surface area (Å²) < 4.78 is 0.154. The molecule has 7 nitrogen and oxygen atoms in total. The summed E-state index contributed by atoms with van der Waals surface area (Å²) in [5.74, 6) is -0.437. The van der Waals surface area contributed by atoms with Crippen LogP contribution in [0.15, 0.2) is 22.7 Å². The minimum absolute atomic E-state index is 0.154. The van der Waals surface area contributed by atoms with E-state index in [9.17, 15) is 14.9 Å². The molecule has 0 aliphatic carbocycles. The van der Waals surface area contributed by atoms with E-state index in [1.54, 1.807) is 13.8 Å². The molecule has 2 aromatic rings. The van der Waals surface area contributed by atoms with Crippen molar-refractivity contribution in [1.82, 2.24) is 10.2 Å². The van der Waals surface area contributed by atoms with Crippen molar-refractivity contribution >= 4 is 33.2 Å². The van der Waals surface area contributed by atoms with Crippen LogP contribution in [0.2, 0.25) is 0 Å². The number of aryl methyl sites for hydroxylation is 2. The fourth-order valence-electron chi connectivity index (χ4n) is 1.75. The van der Waals surface area contributed by atoms with E-state index in [2.05, 4.69) is 31.4 Å². The van der Waals surface area contributed by atoms with Crippen LogP contribution in [0.3, 0.4) is 0 Å². The van der Waals surface area contributed by atoms with E-state index in [1.165, 1.54) is 18.2 Å². The Kier molecular flexibility index (Phi) is 3.84. The van der Waals surface area contributed by atoms with Crippen LogP contribution in [0, 0.1) is 24.0 Å². The first-order valence-corrected chi connectivity index (χ1v) is 6.47. The quantitative estimate of drug-likeness (QED) is 0.663. The first kappa shape index (κ1) is 14.2. The van der Waals surface area contributed by atoms with E-state index in [1.807, 2.05) is 0 Å². The highest BCUT2D eigenvalue weighted by molar-refractivity contribution is 9.10. The van der Waals surface area contributed by atoms with Gasteiger partial charge in [-0.2, -0.15) is 5.10 Å². The molecule has 0 bridgehead atoms. The Morgan fingerprint density at radius 2 is 2.15 bits per heavy atom. The molecule has 2 rings (SSSR count). The Morgan fingerprint density at radius 3 is 2.70 bits per heavy atom. The third-order valence-corrected chi connectivity index (χ3v) is 3.62. The maximum Gasteiger partial charge on any atom is 0.284 e. The molecule has 104 valence electrons. The van der Waals surface area contributed by atoms with Gasteiger partial charge >= 0.3 is 0 Å². The van der Waals surface area contributed by atoms with E-state index in [0.29, 0.717) is 11.4 Å². The number of H-pyrrole nitrogens is 1. The number of nitrogens with zero attached hydrogens (tertiary/aromatic N) is 2. The second-order valence-electron chi connectivity index (χ2n) is 4.16. The normalized spacial score (nSPS) is 10.3. The van der Waals surface area contributed by atoms with Gasteiger partial charge in [-0.3, -0.25) is 20.0 Å². The summed E-state index contributed by atoms with van der Waals surface area (Å²) in [5, 5.41) is 20.3. The summed E-state index contributed by atoms with van der Waals surface area (Å²) in [5.41, 5.74) is 1.99. The number of hydrogen-bond donors (Lipinski definition) is 2. The number of nitro groups is 1. The van der Waals surface area contributed by atoms with Gasteiger partial charge in [0.05, 0.1) is 27.6 Å². The minimum atomic E-state index is -0.546. The van der Waals surface area contributed by atoms with Gasteiger partial charge in [0.15, 0.2) is 0 Å². The van der Waals surface area contributed by atoms with Gasteiger partial charge in [-0.1, -0.05) is 6.07 Å². The van der Waals surface area contributed by atoms with Crippen LogP contribution in [-0.2, 0) is 0 Å². The molecule has 0 fully saturated rings. The topological polar surface area (TPSA) is 101 Å². The summed E-state index contributed by atoms with van der Waals surface area (Å²) in [6.07, 6.45) is 0. The molecule has 0 aliphatic rings. The maximum atomic E-state index is 12.2. The van der Waals surface area contributed by atoms with E-state index < -0.39 is 10.8 Å². The lowest BCUT2D eigenvalue weighted by Gasteiger charge is -2.07. The summed E-state index contributed by atoms with van der Waals surface area (Å²) in [7, 11) is 0. The molecule has 1 heterocycles. The molecule has 0 atom stereocenters. The zero-order chi connectivity index (χ0) is 14.9. The van der Waals surface area contributed by atoms with Crippen molar-refractivity contribution in [3.05, 3.63) is 49.7 Å². The first-order valence-electron chi connectivity index (χ1n) is 5.67. The SMILES string of the molecule is Cc1n[nH]c(C)c1NC(=O)c1cccc([N+](=O)[O-])c1Br. The number of benzene rings is 1. The highest BCUT2D eigenvalue weighted by Crippen LogP contribution is 2.29. The molecule has 0 spiro atoms. The molecule has 0 saturated heterocycles. The van der Waals surface area contributed by atoms with Crippen molar-refractivity contribution in [3.8, 4) is 0 Å². The number of aromatic nitrogens is 2. The molecule has 2 N–H and O–H groups in total. The van der Waals surface area contributed by atoms with Gasteiger partial charge in [-0.15, -0.1) is 0 Å². The van der Waals surface area contributed by atoms with Crippen LogP contribution in [-0.4, -0.2) is 21.0 Å². The third kappa shape index (κ3) is 2.55. The second-order valence-corrected chi connectivity index (χ2v) is 4.95.